The molecule has 0 unspecified atom stereocenters. The van der Waals surface area contributed by atoms with E-state index in [1.165, 1.54) is 24.3 Å². The maximum atomic E-state index is 12.2. The summed E-state index contributed by atoms with van der Waals surface area (Å²) in [5.41, 5.74) is 0.444. The smallest absolute Gasteiger partial charge is 0.326 e. The van der Waals surface area contributed by atoms with E-state index in [-0.39, 0.29) is 16.4 Å². The second-order valence-corrected chi connectivity index (χ2v) is 6.90. The summed E-state index contributed by atoms with van der Waals surface area (Å²) in [6.45, 7) is 3.36. The zero-order valence-electron chi connectivity index (χ0n) is 11.5. The lowest BCUT2D eigenvalue weighted by Gasteiger charge is -2.18. The molecule has 0 bridgehead atoms. The van der Waals surface area contributed by atoms with Crippen molar-refractivity contribution in [2.24, 2.45) is 5.92 Å². The summed E-state index contributed by atoms with van der Waals surface area (Å²) in [6, 6.07) is 3.32. The normalized spacial score (nSPS) is 16.5. The lowest BCUT2D eigenvalue weighted by atomic mass is 10.0. The first kappa shape index (κ1) is 15.2. The van der Waals surface area contributed by atoms with Crippen molar-refractivity contribution in [1.82, 2.24) is 5.32 Å². The van der Waals surface area contributed by atoms with Crippen molar-refractivity contribution in [3.63, 3.8) is 0 Å². The number of carbonyl (C=O) groups is 2. The average Bonchev–Trinajstić information content (AvgIpc) is 2.71. The number of carbonyl (C=O) groups excluding carboxylic acids is 1. The van der Waals surface area contributed by atoms with Crippen molar-refractivity contribution < 1.29 is 23.1 Å². The highest BCUT2D eigenvalue weighted by atomic mass is 32.2. The van der Waals surface area contributed by atoms with Gasteiger partial charge in [-0.2, -0.15) is 0 Å². The van der Waals surface area contributed by atoms with Crippen LogP contribution < -0.4 is 5.32 Å². The van der Waals surface area contributed by atoms with Crippen molar-refractivity contribution in [2.75, 3.05) is 0 Å². The fourth-order valence-electron chi connectivity index (χ4n) is 2.13. The molecule has 1 atom stereocenters. The first-order valence-corrected chi connectivity index (χ1v) is 7.88. The Morgan fingerprint density at radius 2 is 1.90 bits per heavy atom. The number of carboxylic acids is 1. The molecule has 1 aromatic rings. The molecule has 1 aliphatic heterocycles. The van der Waals surface area contributed by atoms with Gasteiger partial charge in [-0.15, -0.1) is 0 Å². The first-order chi connectivity index (χ1) is 9.74. The summed E-state index contributed by atoms with van der Waals surface area (Å²) < 4.78 is 23.5. The van der Waals surface area contributed by atoms with Gasteiger partial charge < -0.3 is 10.4 Å². The summed E-state index contributed by atoms with van der Waals surface area (Å²) in [4.78, 5) is 23.4. The second kappa shape index (κ2) is 5.33. The number of nitrogens with one attached hydrogen (secondary N) is 1. The standard InChI is InChI=1S/C14H15NO5S/c1-8(2)12(14(17)18)15-13(16)10-4-3-5-11-9(10)6-7-21(11,19)20/h3-8,12H,1-2H3,(H,15,16)(H,17,18)/t12-/m0/s1. The predicted octanol–water partition coefficient (Wildman–Crippen LogP) is 1.28. The van der Waals surface area contributed by atoms with Crippen LogP contribution in [0.25, 0.3) is 6.08 Å². The summed E-state index contributed by atoms with van der Waals surface area (Å²) in [5, 5.41) is 12.5. The molecular weight excluding hydrogens is 294 g/mol. The Morgan fingerprint density at radius 1 is 1.24 bits per heavy atom. The summed E-state index contributed by atoms with van der Waals surface area (Å²) in [7, 11) is -3.50. The van der Waals surface area contributed by atoms with Crippen molar-refractivity contribution >= 4 is 27.8 Å². The number of rotatable bonds is 4. The molecule has 0 saturated carbocycles. The van der Waals surface area contributed by atoms with Crippen LogP contribution in [0, 0.1) is 5.92 Å². The van der Waals surface area contributed by atoms with Crippen LogP contribution in [0.15, 0.2) is 28.5 Å². The Kier molecular flexibility index (Phi) is 3.87. The number of sulfone groups is 1. The molecular formula is C14H15NO5S. The molecule has 1 amide bonds. The van der Waals surface area contributed by atoms with E-state index in [0.717, 1.165) is 5.41 Å². The maximum Gasteiger partial charge on any atom is 0.326 e. The highest BCUT2D eigenvalue weighted by molar-refractivity contribution is 7.94. The van der Waals surface area contributed by atoms with Gasteiger partial charge in [0.1, 0.15) is 6.04 Å². The topological polar surface area (TPSA) is 101 Å². The third-order valence-corrected chi connectivity index (χ3v) is 4.71. The summed E-state index contributed by atoms with van der Waals surface area (Å²) >= 11 is 0. The highest BCUT2D eigenvalue weighted by Crippen LogP contribution is 2.29. The van der Waals surface area contributed by atoms with Crippen molar-refractivity contribution in [1.29, 1.82) is 0 Å². The van der Waals surface area contributed by atoms with Gasteiger partial charge in [-0.1, -0.05) is 19.9 Å². The molecule has 0 aromatic heterocycles. The van der Waals surface area contributed by atoms with E-state index in [1.807, 2.05) is 0 Å². The third kappa shape index (κ3) is 2.82. The van der Waals surface area contributed by atoms with Gasteiger partial charge in [0.2, 0.25) is 0 Å². The van der Waals surface area contributed by atoms with Crippen LogP contribution in [0.3, 0.4) is 0 Å². The second-order valence-electron chi connectivity index (χ2n) is 5.10. The van der Waals surface area contributed by atoms with Crippen LogP contribution in [0.4, 0.5) is 0 Å². The fourth-order valence-corrected chi connectivity index (χ4v) is 3.34. The third-order valence-electron chi connectivity index (χ3n) is 3.25. The predicted molar refractivity (Wildman–Crippen MR) is 76.4 cm³/mol. The molecule has 112 valence electrons. The molecule has 0 radical (unpaired) electrons. The lowest BCUT2D eigenvalue weighted by molar-refractivity contribution is -0.140. The van der Waals surface area contributed by atoms with E-state index in [9.17, 15) is 18.0 Å². The minimum absolute atomic E-state index is 0.0616. The molecule has 1 aromatic carbocycles. The molecule has 2 N–H and O–H groups in total. The number of benzene rings is 1. The van der Waals surface area contributed by atoms with Crippen LogP contribution in [0.2, 0.25) is 0 Å². The van der Waals surface area contributed by atoms with E-state index < -0.39 is 27.8 Å². The van der Waals surface area contributed by atoms with Crippen molar-refractivity contribution in [3.05, 3.63) is 34.7 Å². The molecule has 6 nitrogen and oxygen atoms in total. The largest absolute Gasteiger partial charge is 0.480 e. The van der Waals surface area contributed by atoms with Crippen LogP contribution in [0.1, 0.15) is 29.8 Å². The Morgan fingerprint density at radius 3 is 2.48 bits per heavy atom. The van der Waals surface area contributed by atoms with Crippen LogP contribution >= 0.6 is 0 Å². The van der Waals surface area contributed by atoms with Gasteiger partial charge in [-0.05, 0) is 24.1 Å². The number of hydrogen-bond donors (Lipinski definition) is 2. The molecule has 0 spiro atoms. The number of hydrogen-bond acceptors (Lipinski definition) is 4. The minimum Gasteiger partial charge on any atom is -0.480 e. The van der Waals surface area contributed by atoms with Gasteiger partial charge in [-0.3, -0.25) is 4.79 Å². The minimum atomic E-state index is -3.50. The molecule has 0 fully saturated rings. The van der Waals surface area contributed by atoms with E-state index >= 15 is 0 Å². The molecule has 1 aliphatic rings. The number of amides is 1. The van der Waals surface area contributed by atoms with E-state index in [1.54, 1.807) is 13.8 Å². The van der Waals surface area contributed by atoms with Crippen LogP contribution in [-0.2, 0) is 14.6 Å². The number of carboxylic acid groups (broad SMARTS) is 1. The fraction of sp³-hybridized carbons (Fsp3) is 0.286. The van der Waals surface area contributed by atoms with Crippen LogP contribution in [-0.4, -0.2) is 31.4 Å². The Hall–Kier alpha value is -2.15. The van der Waals surface area contributed by atoms with Gasteiger partial charge in [0.15, 0.2) is 9.84 Å². The number of aliphatic carboxylic acids is 1. The first-order valence-electron chi connectivity index (χ1n) is 6.34. The molecule has 21 heavy (non-hydrogen) atoms. The Labute approximate surface area is 122 Å². The van der Waals surface area contributed by atoms with Crippen molar-refractivity contribution in [2.45, 2.75) is 24.8 Å². The molecule has 0 aliphatic carbocycles. The van der Waals surface area contributed by atoms with Gasteiger partial charge >= 0.3 is 5.97 Å². The maximum absolute atomic E-state index is 12.2. The van der Waals surface area contributed by atoms with E-state index in [4.69, 9.17) is 5.11 Å². The monoisotopic (exact) mass is 309 g/mol. The zero-order valence-corrected chi connectivity index (χ0v) is 12.3. The zero-order chi connectivity index (χ0) is 15.8. The molecule has 7 heteroatoms. The lowest BCUT2D eigenvalue weighted by Crippen LogP contribution is -2.44. The van der Waals surface area contributed by atoms with Crippen molar-refractivity contribution in [3.8, 4) is 0 Å². The summed E-state index contributed by atoms with van der Waals surface area (Å²) in [6.07, 6.45) is 1.35. The Bertz CT molecular complexity index is 734. The van der Waals surface area contributed by atoms with Gasteiger partial charge in [0, 0.05) is 16.5 Å². The van der Waals surface area contributed by atoms with Gasteiger partial charge in [-0.25, -0.2) is 13.2 Å². The summed E-state index contributed by atoms with van der Waals surface area (Å²) in [5.74, 6) is -2.02. The van der Waals surface area contributed by atoms with Gasteiger partial charge in [0.25, 0.3) is 5.91 Å². The molecule has 1 heterocycles. The van der Waals surface area contributed by atoms with Gasteiger partial charge in [0.05, 0.1) is 4.90 Å². The quantitative estimate of drug-likeness (QED) is 0.872. The molecule has 2 rings (SSSR count). The Balaban J connectivity index is 2.37. The molecule has 0 saturated heterocycles. The highest BCUT2D eigenvalue weighted by Gasteiger charge is 2.28. The van der Waals surface area contributed by atoms with E-state index in [0.29, 0.717) is 5.56 Å². The SMILES string of the molecule is CC(C)[C@H](NC(=O)c1cccc2c1C=CS2(=O)=O)C(=O)O. The number of fused-ring (bicyclic) bond motifs is 1. The average molecular weight is 309 g/mol. The van der Waals surface area contributed by atoms with E-state index in [2.05, 4.69) is 5.32 Å². The van der Waals surface area contributed by atoms with Crippen LogP contribution in [0.5, 0.6) is 0 Å².